The van der Waals surface area contributed by atoms with E-state index in [0.717, 1.165) is 30.0 Å². The van der Waals surface area contributed by atoms with Crippen LogP contribution in [0, 0.1) is 16.6 Å². The first-order valence-corrected chi connectivity index (χ1v) is 9.14. The molecule has 2 aromatic rings. The highest BCUT2D eigenvalue weighted by molar-refractivity contribution is 5.98. The summed E-state index contributed by atoms with van der Waals surface area (Å²) in [4.78, 5) is 28.4. The Morgan fingerprint density at radius 1 is 1.23 bits per heavy atom. The number of aromatic nitrogens is 3. The second kappa shape index (κ2) is 5.86. The number of hydrogen-bond acceptors (Lipinski definition) is 4. The van der Waals surface area contributed by atoms with Crippen molar-refractivity contribution in [2.24, 2.45) is 10.8 Å². The molecule has 6 nitrogen and oxygen atoms in total. The van der Waals surface area contributed by atoms with Crippen molar-refractivity contribution in [1.29, 1.82) is 0 Å². The first-order valence-electron chi connectivity index (χ1n) is 9.14. The molecule has 3 fully saturated rings. The average Bonchev–Trinajstić information content (AvgIpc) is 3.01. The largest absolute Gasteiger partial charge is 0.350 e. The van der Waals surface area contributed by atoms with E-state index in [1.165, 1.54) is 32.3 Å². The van der Waals surface area contributed by atoms with Crippen LogP contribution in [0.15, 0.2) is 12.3 Å². The van der Waals surface area contributed by atoms with Crippen LogP contribution in [0.2, 0.25) is 0 Å². The Morgan fingerprint density at radius 2 is 1.88 bits per heavy atom. The van der Waals surface area contributed by atoms with E-state index in [0.29, 0.717) is 12.0 Å². The fraction of sp³-hybridized carbons (Fsp3) is 0.579. The molecule has 1 N–H and O–H groups in total. The Kier molecular flexibility index (Phi) is 3.86. The van der Waals surface area contributed by atoms with Gasteiger partial charge in [0.05, 0.1) is 6.20 Å². The van der Waals surface area contributed by atoms with Crippen LogP contribution >= 0.6 is 0 Å². The lowest BCUT2D eigenvalue weighted by molar-refractivity contribution is 0.00434. The molecule has 1 amide bonds. The summed E-state index contributed by atoms with van der Waals surface area (Å²) < 4.78 is 15.0. The predicted octanol–water partition coefficient (Wildman–Crippen LogP) is 3.16. The van der Waals surface area contributed by atoms with E-state index >= 15 is 0 Å². The van der Waals surface area contributed by atoms with Gasteiger partial charge in [-0.25, -0.2) is 13.9 Å². The zero-order valence-electron chi connectivity index (χ0n) is 15.1. The van der Waals surface area contributed by atoms with Gasteiger partial charge in [0.15, 0.2) is 17.2 Å². The lowest BCUT2D eigenvalue weighted by Crippen LogP contribution is -2.46. The second-order valence-corrected chi connectivity index (χ2v) is 8.30. The Hall–Kier alpha value is -2.31. The summed E-state index contributed by atoms with van der Waals surface area (Å²) in [5, 5.41) is 6.90. The van der Waals surface area contributed by atoms with Gasteiger partial charge in [-0.2, -0.15) is 5.10 Å². The molecule has 0 radical (unpaired) electrons. The standard InChI is InChI=1S/C19H23FN4O2/c1-12(25)14-9-15(24-16(23-14)13(20)10-22-24)17(26)21-11-19-6-3-18(2,4-7-19)5-8-19/h9-10H,3-8,11H2,1-2H3,(H,21,26). The Bertz CT molecular complexity index is 880. The van der Waals surface area contributed by atoms with E-state index in [4.69, 9.17) is 0 Å². The number of nitrogens with zero attached hydrogens (tertiary/aromatic N) is 3. The summed E-state index contributed by atoms with van der Waals surface area (Å²) in [5.74, 6) is -1.32. The van der Waals surface area contributed by atoms with E-state index in [-0.39, 0.29) is 34.1 Å². The van der Waals surface area contributed by atoms with Crippen molar-refractivity contribution in [3.63, 3.8) is 0 Å². The van der Waals surface area contributed by atoms with Crippen molar-refractivity contribution < 1.29 is 14.0 Å². The van der Waals surface area contributed by atoms with E-state index in [1.807, 2.05) is 0 Å². The Balaban J connectivity index is 1.58. The summed E-state index contributed by atoms with van der Waals surface area (Å²) in [7, 11) is 0. The Labute approximate surface area is 151 Å². The molecular weight excluding hydrogens is 335 g/mol. The van der Waals surface area contributed by atoms with Gasteiger partial charge in [-0.05, 0) is 55.4 Å². The first kappa shape index (κ1) is 17.1. The third-order valence-corrected chi connectivity index (χ3v) is 6.42. The van der Waals surface area contributed by atoms with Crippen LogP contribution in [0.1, 0.15) is 73.3 Å². The number of halogens is 1. The number of amides is 1. The van der Waals surface area contributed by atoms with Gasteiger partial charge in [0.2, 0.25) is 0 Å². The van der Waals surface area contributed by atoms with Gasteiger partial charge in [0.25, 0.3) is 5.91 Å². The number of ketones is 1. The van der Waals surface area contributed by atoms with Crippen LogP contribution in [0.5, 0.6) is 0 Å². The van der Waals surface area contributed by atoms with Gasteiger partial charge in [0.1, 0.15) is 11.4 Å². The first-order chi connectivity index (χ1) is 12.3. The van der Waals surface area contributed by atoms with Gasteiger partial charge in [-0.15, -0.1) is 0 Å². The van der Waals surface area contributed by atoms with Gasteiger partial charge in [-0.1, -0.05) is 6.92 Å². The van der Waals surface area contributed by atoms with Crippen LogP contribution in [0.25, 0.3) is 5.65 Å². The molecule has 3 aliphatic carbocycles. The van der Waals surface area contributed by atoms with E-state index in [9.17, 15) is 14.0 Å². The topological polar surface area (TPSA) is 76.4 Å². The predicted molar refractivity (Wildman–Crippen MR) is 93.5 cm³/mol. The minimum atomic E-state index is -0.653. The van der Waals surface area contributed by atoms with E-state index in [2.05, 4.69) is 22.3 Å². The van der Waals surface area contributed by atoms with Crippen molar-refractivity contribution in [3.8, 4) is 0 Å². The summed E-state index contributed by atoms with van der Waals surface area (Å²) in [6, 6.07) is 1.38. The fourth-order valence-electron chi connectivity index (χ4n) is 4.35. The highest BCUT2D eigenvalue weighted by Crippen LogP contribution is 2.56. The molecule has 0 aromatic carbocycles. The number of carbonyl (C=O) groups is 2. The SMILES string of the molecule is CC(=O)c1cc(C(=O)NCC23CCC(C)(CC2)CC3)n2ncc(F)c2n1. The maximum absolute atomic E-state index is 13.9. The number of rotatable bonds is 4. The molecule has 26 heavy (non-hydrogen) atoms. The van der Waals surface area contributed by atoms with Crippen LogP contribution in [-0.2, 0) is 0 Å². The van der Waals surface area contributed by atoms with E-state index in [1.54, 1.807) is 0 Å². The minimum Gasteiger partial charge on any atom is -0.350 e. The zero-order chi connectivity index (χ0) is 18.5. The summed E-state index contributed by atoms with van der Waals surface area (Å²) in [6.07, 6.45) is 8.02. The minimum absolute atomic E-state index is 0.0614. The van der Waals surface area contributed by atoms with Crippen molar-refractivity contribution in [2.75, 3.05) is 6.54 Å². The molecule has 2 aromatic heterocycles. The Morgan fingerprint density at radius 3 is 2.50 bits per heavy atom. The molecule has 3 aliphatic rings. The molecule has 0 unspecified atom stereocenters. The van der Waals surface area contributed by atoms with Crippen molar-refractivity contribution in [3.05, 3.63) is 29.5 Å². The molecule has 0 spiro atoms. The molecule has 2 heterocycles. The lowest BCUT2D eigenvalue weighted by atomic mass is 9.54. The van der Waals surface area contributed by atoms with Gasteiger partial charge in [0, 0.05) is 13.5 Å². The molecule has 0 aliphatic heterocycles. The van der Waals surface area contributed by atoms with Gasteiger partial charge >= 0.3 is 0 Å². The maximum atomic E-state index is 13.9. The molecule has 7 heteroatoms. The van der Waals surface area contributed by atoms with Crippen LogP contribution in [0.3, 0.4) is 0 Å². The zero-order valence-corrected chi connectivity index (χ0v) is 15.1. The number of nitrogens with one attached hydrogen (secondary N) is 1. The molecule has 5 rings (SSSR count). The highest BCUT2D eigenvalue weighted by atomic mass is 19.1. The molecular formula is C19H23FN4O2. The highest BCUT2D eigenvalue weighted by Gasteiger charge is 2.46. The third kappa shape index (κ3) is 2.79. The van der Waals surface area contributed by atoms with Crippen molar-refractivity contribution in [2.45, 2.75) is 52.4 Å². The molecule has 138 valence electrons. The number of hydrogen-bond donors (Lipinski definition) is 1. The third-order valence-electron chi connectivity index (χ3n) is 6.42. The molecule has 0 saturated heterocycles. The van der Waals surface area contributed by atoms with Gasteiger partial charge in [-0.3, -0.25) is 9.59 Å². The summed E-state index contributed by atoms with van der Waals surface area (Å²) in [6.45, 7) is 4.30. The lowest BCUT2D eigenvalue weighted by Gasteiger charge is -2.52. The fourth-order valence-corrected chi connectivity index (χ4v) is 4.35. The summed E-state index contributed by atoms with van der Waals surface area (Å²) in [5.41, 5.74) is 0.736. The molecule has 2 bridgehead atoms. The quantitative estimate of drug-likeness (QED) is 0.852. The van der Waals surface area contributed by atoms with Crippen LogP contribution in [-0.4, -0.2) is 32.8 Å². The average molecular weight is 358 g/mol. The monoisotopic (exact) mass is 358 g/mol. The normalized spacial score (nSPS) is 27.7. The second-order valence-electron chi connectivity index (χ2n) is 8.30. The number of fused-ring (bicyclic) bond motifs is 4. The molecule has 0 atom stereocenters. The van der Waals surface area contributed by atoms with Crippen molar-refractivity contribution in [1.82, 2.24) is 19.9 Å². The van der Waals surface area contributed by atoms with E-state index < -0.39 is 5.82 Å². The van der Waals surface area contributed by atoms with Crippen LogP contribution < -0.4 is 5.32 Å². The maximum Gasteiger partial charge on any atom is 0.270 e. The van der Waals surface area contributed by atoms with Gasteiger partial charge < -0.3 is 5.32 Å². The summed E-state index contributed by atoms with van der Waals surface area (Å²) >= 11 is 0. The number of carbonyl (C=O) groups excluding carboxylic acids is 2. The van der Waals surface area contributed by atoms with Crippen molar-refractivity contribution >= 4 is 17.3 Å². The van der Waals surface area contributed by atoms with Crippen LogP contribution in [0.4, 0.5) is 4.39 Å². The molecule has 3 saturated carbocycles. The number of Topliss-reactive ketones (excluding diaryl/α,β-unsaturated/α-hetero) is 1. The smallest absolute Gasteiger partial charge is 0.270 e.